The van der Waals surface area contributed by atoms with Gasteiger partial charge in [-0.1, -0.05) is 45.5 Å². The Kier molecular flexibility index (Phi) is 4.44. The summed E-state index contributed by atoms with van der Waals surface area (Å²) in [7, 11) is 0. The second-order valence-corrected chi connectivity index (χ2v) is 6.23. The molecule has 1 heterocycles. The van der Waals surface area contributed by atoms with Crippen molar-refractivity contribution in [2.75, 3.05) is 0 Å². The SMILES string of the molecule is CCCC(C)C(O)c1snnc1C(C)(C)C. The number of hydrogen-bond acceptors (Lipinski definition) is 4. The van der Waals surface area contributed by atoms with Crippen LogP contribution < -0.4 is 0 Å². The summed E-state index contributed by atoms with van der Waals surface area (Å²) >= 11 is 1.33. The Labute approximate surface area is 102 Å². The molecule has 0 aliphatic heterocycles. The van der Waals surface area contributed by atoms with Crippen molar-refractivity contribution in [3.05, 3.63) is 10.6 Å². The topological polar surface area (TPSA) is 46.0 Å². The maximum Gasteiger partial charge on any atom is 0.0942 e. The van der Waals surface area contributed by atoms with Gasteiger partial charge >= 0.3 is 0 Å². The normalized spacial score (nSPS) is 16.1. The summed E-state index contributed by atoms with van der Waals surface area (Å²) in [6.45, 7) is 10.5. The van der Waals surface area contributed by atoms with Crippen LogP contribution in [0.5, 0.6) is 0 Å². The molecular formula is C12H22N2OS. The van der Waals surface area contributed by atoms with Gasteiger partial charge in [0.15, 0.2) is 0 Å². The fourth-order valence-electron chi connectivity index (χ4n) is 1.78. The molecule has 0 radical (unpaired) electrons. The van der Waals surface area contributed by atoms with Crippen LogP contribution in [-0.4, -0.2) is 14.7 Å². The van der Waals surface area contributed by atoms with Crippen LogP contribution in [0.1, 0.15) is 64.1 Å². The summed E-state index contributed by atoms with van der Waals surface area (Å²) in [5.74, 6) is 0.272. The lowest BCUT2D eigenvalue weighted by Crippen LogP contribution is -2.18. The Morgan fingerprint density at radius 3 is 2.50 bits per heavy atom. The van der Waals surface area contributed by atoms with Crippen molar-refractivity contribution >= 4 is 11.5 Å². The van der Waals surface area contributed by atoms with Gasteiger partial charge in [-0.15, -0.1) is 5.10 Å². The van der Waals surface area contributed by atoms with E-state index in [9.17, 15) is 5.11 Å². The first kappa shape index (κ1) is 13.6. The number of rotatable bonds is 4. The molecule has 0 aliphatic rings. The van der Waals surface area contributed by atoms with Crippen molar-refractivity contribution in [2.45, 2.75) is 59.0 Å². The molecule has 1 N–H and O–H groups in total. The van der Waals surface area contributed by atoms with E-state index in [1.165, 1.54) is 11.5 Å². The molecule has 1 aromatic rings. The average molecular weight is 242 g/mol. The van der Waals surface area contributed by atoms with Gasteiger partial charge in [0, 0.05) is 5.41 Å². The number of hydrogen-bond donors (Lipinski definition) is 1. The van der Waals surface area contributed by atoms with E-state index in [0.717, 1.165) is 23.4 Å². The largest absolute Gasteiger partial charge is 0.387 e. The molecule has 0 bridgehead atoms. The van der Waals surface area contributed by atoms with Crippen molar-refractivity contribution in [1.29, 1.82) is 0 Å². The van der Waals surface area contributed by atoms with Gasteiger partial charge in [0.05, 0.1) is 16.7 Å². The van der Waals surface area contributed by atoms with Crippen LogP contribution >= 0.6 is 11.5 Å². The molecule has 2 unspecified atom stereocenters. The molecule has 0 aliphatic carbocycles. The highest BCUT2D eigenvalue weighted by atomic mass is 32.1. The van der Waals surface area contributed by atoms with Crippen LogP contribution in [0.4, 0.5) is 0 Å². The Morgan fingerprint density at radius 1 is 1.38 bits per heavy atom. The minimum atomic E-state index is -0.422. The smallest absolute Gasteiger partial charge is 0.0942 e. The van der Waals surface area contributed by atoms with Gasteiger partial charge < -0.3 is 5.11 Å². The summed E-state index contributed by atoms with van der Waals surface area (Å²) in [5.41, 5.74) is 0.892. The van der Waals surface area contributed by atoms with Gasteiger partial charge in [0.25, 0.3) is 0 Å². The van der Waals surface area contributed by atoms with Crippen molar-refractivity contribution in [3.8, 4) is 0 Å². The minimum absolute atomic E-state index is 0.0464. The van der Waals surface area contributed by atoms with Crippen LogP contribution in [0.2, 0.25) is 0 Å². The minimum Gasteiger partial charge on any atom is -0.387 e. The predicted octanol–water partition coefficient (Wildman–Crippen LogP) is 3.31. The molecule has 4 heteroatoms. The van der Waals surface area contributed by atoms with Crippen molar-refractivity contribution in [3.63, 3.8) is 0 Å². The van der Waals surface area contributed by atoms with E-state index in [-0.39, 0.29) is 11.3 Å². The van der Waals surface area contributed by atoms with Crippen LogP contribution in [-0.2, 0) is 5.41 Å². The van der Waals surface area contributed by atoms with Crippen LogP contribution in [0, 0.1) is 5.92 Å². The molecule has 1 rings (SSSR count). The maximum atomic E-state index is 10.3. The van der Waals surface area contributed by atoms with Crippen molar-refractivity contribution in [2.24, 2.45) is 5.92 Å². The third-order valence-electron chi connectivity index (χ3n) is 2.78. The van der Waals surface area contributed by atoms with Crippen LogP contribution in [0.25, 0.3) is 0 Å². The van der Waals surface area contributed by atoms with Crippen LogP contribution in [0.3, 0.4) is 0 Å². The first-order valence-electron chi connectivity index (χ1n) is 5.88. The first-order valence-corrected chi connectivity index (χ1v) is 6.66. The Morgan fingerprint density at radius 2 is 2.00 bits per heavy atom. The summed E-state index contributed by atoms with van der Waals surface area (Å²) in [6, 6.07) is 0. The molecule has 92 valence electrons. The summed E-state index contributed by atoms with van der Waals surface area (Å²) in [6.07, 6.45) is 1.70. The van der Waals surface area contributed by atoms with Gasteiger partial charge in [-0.05, 0) is 23.9 Å². The molecule has 16 heavy (non-hydrogen) atoms. The molecule has 0 saturated carbocycles. The first-order chi connectivity index (χ1) is 7.38. The molecular weight excluding hydrogens is 220 g/mol. The lowest BCUT2D eigenvalue weighted by Gasteiger charge is -2.22. The highest BCUT2D eigenvalue weighted by molar-refractivity contribution is 7.05. The molecule has 0 aromatic carbocycles. The van der Waals surface area contributed by atoms with E-state index in [1.807, 2.05) is 0 Å². The lowest BCUT2D eigenvalue weighted by atomic mass is 9.88. The second-order valence-electron chi connectivity index (χ2n) is 5.45. The molecule has 2 atom stereocenters. The molecule has 0 fully saturated rings. The van der Waals surface area contributed by atoms with Crippen molar-refractivity contribution < 1.29 is 5.11 Å². The van der Waals surface area contributed by atoms with E-state index >= 15 is 0 Å². The average Bonchev–Trinajstić information content (AvgIpc) is 2.64. The van der Waals surface area contributed by atoms with Gasteiger partial charge in [0.2, 0.25) is 0 Å². The molecule has 0 amide bonds. The van der Waals surface area contributed by atoms with E-state index in [4.69, 9.17) is 0 Å². The third kappa shape index (κ3) is 3.01. The summed E-state index contributed by atoms with van der Waals surface area (Å²) < 4.78 is 3.98. The van der Waals surface area contributed by atoms with E-state index < -0.39 is 6.10 Å². The number of aromatic nitrogens is 2. The summed E-state index contributed by atoms with van der Waals surface area (Å²) in [4.78, 5) is 0.938. The second kappa shape index (κ2) is 5.23. The van der Waals surface area contributed by atoms with Gasteiger partial charge in [0.1, 0.15) is 0 Å². The maximum absolute atomic E-state index is 10.3. The number of nitrogens with zero attached hydrogens (tertiary/aromatic N) is 2. The molecule has 3 nitrogen and oxygen atoms in total. The Bertz CT molecular complexity index is 330. The Hall–Kier alpha value is -0.480. The van der Waals surface area contributed by atoms with Gasteiger partial charge in [-0.2, -0.15) is 0 Å². The summed E-state index contributed by atoms with van der Waals surface area (Å²) in [5, 5.41) is 14.4. The van der Waals surface area contributed by atoms with Gasteiger partial charge in [-0.3, -0.25) is 0 Å². The quantitative estimate of drug-likeness (QED) is 0.881. The van der Waals surface area contributed by atoms with Crippen LogP contribution in [0.15, 0.2) is 0 Å². The standard InChI is InChI=1S/C12H22N2OS/c1-6-7-8(2)9(15)10-11(12(3,4)5)13-14-16-10/h8-9,15H,6-7H2,1-5H3. The van der Waals surface area contributed by atoms with Gasteiger partial charge in [-0.25, -0.2) is 0 Å². The third-order valence-corrected chi connectivity index (χ3v) is 3.57. The van der Waals surface area contributed by atoms with E-state index in [1.54, 1.807) is 0 Å². The lowest BCUT2D eigenvalue weighted by molar-refractivity contribution is 0.113. The molecule has 1 aromatic heterocycles. The molecule has 0 spiro atoms. The number of aliphatic hydroxyl groups excluding tert-OH is 1. The Balaban J connectivity index is 2.92. The fraction of sp³-hybridized carbons (Fsp3) is 0.833. The van der Waals surface area contributed by atoms with E-state index in [2.05, 4.69) is 44.2 Å². The number of aliphatic hydroxyl groups is 1. The zero-order valence-corrected chi connectivity index (χ0v) is 11.6. The van der Waals surface area contributed by atoms with Crippen molar-refractivity contribution in [1.82, 2.24) is 9.59 Å². The fourth-order valence-corrected chi connectivity index (χ4v) is 2.77. The van der Waals surface area contributed by atoms with E-state index in [0.29, 0.717) is 0 Å². The monoisotopic (exact) mass is 242 g/mol. The highest BCUT2D eigenvalue weighted by Crippen LogP contribution is 2.34. The highest BCUT2D eigenvalue weighted by Gasteiger charge is 2.28. The predicted molar refractivity (Wildman–Crippen MR) is 67.6 cm³/mol. The zero-order chi connectivity index (χ0) is 12.3. The molecule has 0 saturated heterocycles. The zero-order valence-electron chi connectivity index (χ0n) is 10.8.